The first kappa shape index (κ1) is 18.8. The Bertz CT molecular complexity index is 713. The van der Waals surface area contributed by atoms with Gasteiger partial charge >= 0.3 is 0 Å². The third-order valence-corrected chi connectivity index (χ3v) is 3.94. The summed E-state index contributed by atoms with van der Waals surface area (Å²) in [7, 11) is 3.00. The van der Waals surface area contributed by atoms with Crippen LogP contribution in [0.2, 0.25) is 0 Å². The maximum Gasteiger partial charge on any atom is 0.251 e. The van der Waals surface area contributed by atoms with Crippen LogP contribution in [0.15, 0.2) is 42.5 Å². The van der Waals surface area contributed by atoms with Gasteiger partial charge in [-0.3, -0.25) is 4.79 Å². The Hall–Kier alpha value is -2.56. The lowest BCUT2D eigenvalue weighted by atomic mass is 9.96. The summed E-state index contributed by atoms with van der Waals surface area (Å²) >= 11 is 0. The van der Waals surface area contributed by atoms with Crippen molar-refractivity contribution >= 4 is 5.91 Å². The average Bonchev–Trinajstić information content (AvgIpc) is 2.60. The van der Waals surface area contributed by atoms with Gasteiger partial charge in [0.2, 0.25) is 0 Å². The van der Waals surface area contributed by atoms with Gasteiger partial charge in [-0.05, 0) is 48.2 Å². The number of methoxy groups -OCH3 is 2. The molecule has 0 aliphatic heterocycles. The van der Waals surface area contributed by atoms with Crippen LogP contribution in [0.1, 0.15) is 42.2 Å². The topological polar surface area (TPSA) is 47.6 Å². The molecule has 1 atom stereocenters. The van der Waals surface area contributed by atoms with Gasteiger partial charge in [0.1, 0.15) is 5.75 Å². The van der Waals surface area contributed by atoms with Gasteiger partial charge in [-0.25, -0.2) is 4.39 Å². The summed E-state index contributed by atoms with van der Waals surface area (Å²) in [5, 5.41) is 3.00. The predicted octanol–water partition coefficient (Wildman–Crippen LogP) is 4.36. The fourth-order valence-electron chi connectivity index (χ4n) is 2.64. The van der Waals surface area contributed by atoms with E-state index < -0.39 is 5.82 Å². The van der Waals surface area contributed by atoms with Gasteiger partial charge in [-0.15, -0.1) is 0 Å². The molecule has 0 aliphatic carbocycles. The molecule has 0 radical (unpaired) electrons. The van der Waals surface area contributed by atoms with E-state index in [9.17, 15) is 9.18 Å². The van der Waals surface area contributed by atoms with Crippen LogP contribution in [0.3, 0.4) is 0 Å². The quantitative estimate of drug-likeness (QED) is 0.811. The molecule has 1 N–H and O–H groups in total. The van der Waals surface area contributed by atoms with Gasteiger partial charge < -0.3 is 14.8 Å². The number of halogens is 1. The predicted molar refractivity (Wildman–Crippen MR) is 95.6 cm³/mol. The van der Waals surface area contributed by atoms with E-state index in [0.717, 1.165) is 17.7 Å². The van der Waals surface area contributed by atoms with E-state index in [1.54, 1.807) is 13.2 Å². The van der Waals surface area contributed by atoms with Crippen molar-refractivity contribution in [1.29, 1.82) is 0 Å². The van der Waals surface area contributed by atoms with Gasteiger partial charge in [0, 0.05) is 5.56 Å². The molecule has 2 aromatic carbocycles. The molecule has 5 heteroatoms. The van der Waals surface area contributed by atoms with E-state index in [4.69, 9.17) is 9.47 Å². The van der Waals surface area contributed by atoms with Crippen LogP contribution in [0.4, 0.5) is 4.39 Å². The Balaban J connectivity index is 2.20. The van der Waals surface area contributed by atoms with Crippen LogP contribution in [-0.4, -0.2) is 20.1 Å². The van der Waals surface area contributed by atoms with Crippen LogP contribution in [0.25, 0.3) is 0 Å². The lowest BCUT2D eigenvalue weighted by Crippen LogP contribution is -2.29. The zero-order chi connectivity index (χ0) is 18.4. The first-order valence-corrected chi connectivity index (χ1v) is 8.23. The fraction of sp³-hybridized carbons (Fsp3) is 0.350. The summed E-state index contributed by atoms with van der Waals surface area (Å²) in [6.07, 6.45) is 0.775. The standard InChI is InChI=1S/C20H24FNO3/c1-13(2)11-18(14-5-8-16(24-3)9-6-14)22-20(23)15-7-10-19(25-4)17(21)12-15/h5-10,12-13,18H,11H2,1-4H3,(H,22,23)/t18-/m1/s1. The lowest BCUT2D eigenvalue weighted by Gasteiger charge is -2.21. The summed E-state index contributed by atoms with van der Waals surface area (Å²) in [5.74, 6) is 0.393. The largest absolute Gasteiger partial charge is 0.497 e. The normalized spacial score (nSPS) is 11.9. The van der Waals surface area contributed by atoms with E-state index in [1.807, 2.05) is 24.3 Å². The molecule has 25 heavy (non-hydrogen) atoms. The highest BCUT2D eigenvalue weighted by Crippen LogP contribution is 2.25. The summed E-state index contributed by atoms with van der Waals surface area (Å²) < 4.78 is 23.9. The Kier molecular flexibility index (Phi) is 6.39. The minimum absolute atomic E-state index is 0.116. The number of nitrogens with one attached hydrogen (secondary N) is 1. The average molecular weight is 345 g/mol. The summed E-state index contributed by atoms with van der Waals surface area (Å²) in [6, 6.07) is 11.6. The molecular weight excluding hydrogens is 321 g/mol. The van der Waals surface area contributed by atoms with E-state index in [-0.39, 0.29) is 23.3 Å². The highest BCUT2D eigenvalue weighted by Gasteiger charge is 2.18. The summed E-state index contributed by atoms with van der Waals surface area (Å²) in [4.78, 5) is 12.5. The maximum atomic E-state index is 13.8. The number of benzene rings is 2. The zero-order valence-electron chi connectivity index (χ0n) is 15.0. The zero-order valence-corrected chi connectivity index (χ0v) is 15.0. The van der Waals surface area contributed by atoms with Crippen molar-refractivity contribution in [2.45, 2.75) is 26.3 Å². The number of carbonyl (C=O) groups is 1. The maximum absolute atomic E-state index is 13.8. The van der Waals surface area contributed by atoms with E-state index in [1.165, 1.54) is 19.2 Å². The summed E-state index contributed by atoms with van der Waals surface area (Å²) in [6.45, 7) is 4.19. The van der Waals surface area contributed by atoms with Crippen molar-refractivity contribution in [2.75, 3.05) is 14.2 Å². The van der Waals surface area contributed by atoms with Crippen LogP contribution in [0, 0.1) is 11.7 Å². The van der Waals surface area contributed by atoms with E-state index in [0.29, 0.717) is 5.92 Å². The molecule has 0 bridgehead atoms. The number of ether oxygens (including phenoxy) is 2. The smallest absolute Gasteiger partial charge is 0.251 e. The van der Waals surface area contributed by atoms with Crippen LogP contribution in [0.5, 0.6) is 11.5 Å². The molecule has 1 amide bonds. The molecule has 0 spiro atoms. The molecule has 4 nitrogen and oxygen atoms in total. The SMILES string of the molecule is COc1ccc([C@@H](CC(C)C)NC(=O)c2ccc(OC)c(F)c2)cc1. The van der Waals surface area contributed by atoms with Crippen molar-refractivity contribution < 1.29 is 18.7 Å². The molecule has 0 unspecified atom stereocenters. The van der Waals surface area contributed by atoms with Crippen molar-refractivity contribution in [3.8, 4) is 11.5 Å². The Labute approximate surface area is 148 Å². The fourth-order valence-corrected chi connectivity index (χ4v) is 2.64. The number of amides is 1. The van der Waals surface area contributed by atoms with Gasteiger partial charge in [0.05, 0.1) is 20.3 Å². The second kappa shape index (κ2) is 8.51. The van der Waals surface area contributed by atoms with E-state index in [2.05, 4.69) is 19.2 Å². The molecule has 0 fully saturated rings. The third kappa shape index (κ3) is 4.95. The minimum Gasteiger partial charge on any atom is -0.497 e. The summed E-state index contributed by atoms with van der Waals surface area (Å²) in [5.41, 5.74) is 1.25. The first-order valence-electron chi connectivity index (χ1n) is 8.23. The number of carbonyl (C=O) groups excluding carboxylic acids is 1. The molecule has 0 heterocycles. The van der Waals surface area contributed by atoms with Crippen molar-refractivity contribution in [2.24, 2.45) is 5.92 Å². The van der Waals surface area contributed by atoms with Crippen molar-refractivity contribution in [1.82, 2.24) is 5.32 Å². The van der Waals surface area contributed by atoms with Crippen molar-refractivity contribution in [3.05, 3.63) is 59.4 Å². The molecule has 0 saturated carbocycles. The Morgan fingerprint density at radius 2 is 1.76 bits per heavy atom. The Morgan fingerprint density at radius 3 is 2.28 bits per heavy atom. The van der Waals surface area contributed by atoms with Crippen LogP contribution < -0.4 is 14.8 Å². The monoisotopic (exact) mass is 345 g/mol. The van der Waals surface area contributed by atoms with Crippen LogP contribution in [-0.2, 0) is 0 Å². The highest BCUT2D eigenvalue weighted by molar-refractivity contribution is 5.94. The molecule has 0 aromatic heterocycles. The van der Waals surface area contributed by atoms with Crippen LogP contribution >= 0.6 is 0 Å². The van der Waals surface area contributed by atoms with Gasteiger partial charge in [-0.2, -0.15) is 0 Å². The van der Waals surface area contributed by atoms with Gasteiger partial charge in [0.25, 0.3) is 5.91 Å². The minimum atomic E-state index is -0.556. The van der Waals surface area contributed by atoms with Crippen molar-refractivity contribution in [3.63, 3.8) is 0 Å². The number of hydrogen-bond acceptors (Lipinski definition) is 3. The Morgan fingerprint density at radius 1 is 1.08 bits per heavy atom. The lowest BCUT2D eigenvalue weighted by molar-refractivity contribution is 0.0931. The molecule has 2 rings (SSSR count). The van der Waals surface area contributed by atoms with E-state index >= 15 is 0 Å². The molecule has 0 saturated heterocycles. The van der Waals surface area contributed by atoms with Gasteiger partial charge in [-0.1, -0.05) is 26.0 Å². The molecular formula is C20H24FNO3. The van der Waals surface area contributed by atoms with Gasteiger partial charge in [0.15, 0.2) is 11.6 Å². The number of rotatable bonds is 7. The first-order chi connectivity index (χ1) is 11.9. The third-order valence-electron chi connectivity index (χ3n) is 3.94. The highest BCUT2D eigenvalue weighted by atomic mass is 19.1. The second-order valence-electron chi connectivity index (χ2n) is 6.28. The second-order valence-corrected chi connectivity index (χ2v) is 6.28. The molecule has 0 aliphatic rings. The molecule has 134 valence electrons. The molecule has 2 aromatic rings. The number of hydrogen-bond donors (Lipinski definition) is 1.